The number of rotatable bonds is 4. The summed E-state index contributed by atoms with van der Waals surface area (Å²) in [6.07, 6.45) is 3.18. The maximum Gasteiger partial charge on any atom is 0.262 e. The fourth-order valence-electron chi connectivity index (χ4n) is 1.37. The van der Waals surface area contributed by atoms with Gasteiger partial charge in [-0.05, 0) is 30.3 Å². The van der Waals surface area contributed by atoms with Gasteiger partial charge in [-0.1, -0.05) is 23.2 Å². The Hall–Kier alpha value is -1.49. The molecule has 0 spiro atoms. The van der Waals surface area contributed by atoms with Crippen molar-refractivity contribution in [3.8, 4) is 5.75 Å². The molecular formula is C13H11Cl3N2O2. The van der Waals surface area contributed by atoms with Gasteiger partial charge in [-0.25, -0.2) is 0 Å². The summed E-state index contributed by atoms with van der Waals surface area (Å²) in [7, 11) is 0. The summed E-state index contributed by atoms with van der Waals surface area (Å²) < 4.78 is 5.31. The molecule has 1 heterocycles. The Morgan fingerprint density at radius 2 is 1.90 bits per heavy atom. The SMILES string of the molecule is Cl.O=C(COc1ccc(Cl)cc1Cl)Nc1ccncc1. The minimum atomic E-state index is -0.280. The van der Waals surface area contributed by atoms with E-state index in [0.717, 1.165) is 0 Å². The van der Waals surface area contributed by atoms with E-state index in [9.17, 15) is 4.79 Å². The van der Waals surface area contributed by atoms with Crippen LogP contribution in [0.4, 0.5) is 5.69 Å². The second-order valence-corrected chi connectivity index (χ2v) is 4.49. The third kappa shape index (κ3) is 4.89. The van der Waals surface area contributed by atoms with Gasteiger partial charge >= 0.3 is 0 Å². The van der Waals surface area contributed by atoms with E-state index >= 15 is 0 Å². The van der Waals surface area contributed by atoms with Crippen molar-refractivity contribution in [3.63, 3.8) is 0 Å². The third-order valence-corrected chi connectivity index (χ3v) is 2.75. The zero-order chi connectivity index (χ0) is 13.7. The second kappa shape index (κ2) is 7.94. The summed E-state index contributed by atoms with van der Waals surface area (Å²) in [5.74, 6) is 0.133. The zero-order valence-electron chi connectivity index (χ0n) is 10.2. The molecule has 20 heavy (non-hydrogen) atoms. The van der Waals surface area contributed by atoms with Crippen LogP contribution in [0.25, 0.3) is 0 Å². The molecule has 1 aromatic carbocycles. The van der Waals surface area contributed by atoms with Crippen molar-refractivity contribution >= 4 is 47.2 Å². The average Bonchev–Trinajstić information content (AvgIpc) is 2.39. The van der Waals surface area contributed by atoms with Crippen molar-refractivity contribution in [1.82, 2.24) is 4.98 Å². The number of carbonyl (C=O) groups is 1. The van der Waals surface area contributed by atoms with Gasteiger partial charge in [0.2, 0.25) is 0 Å². The van der Waals surface area contributed by atoms with E-state index in [0.29, 0.717) is 21.5 Å². The number of aromatic nitrogens is 1. The highest BCUT2D eigenvalue weighted by Gasteiger charge is 2.06. The van der Waals surface area contributed by atoms with E-state index in [1.165, 1.54) is 0 Å². The van der Waals surface area contributed by atoms with Gasteiger partial charge in [0.25, 0.3) is 5.91 Å². The van der Waals surface area contributed by atoms with Crippen LogP contribution in [0.15, 0.2) is 42.7 Å². The van der Waals surface area contributed by atoms with Gasteiger partial charge in [-0.2, -0.15) is 0 Å². The van der Waals surface area contributed by atoms with Gasteiger partial charge in [0, 0.05) is 23.1 Å². The van der Waals surface area contributed by atoms with Crippen LogP contribution in [-0.2, 0) is 4.79 Å². The summed E-state index contributed by atoms with van der Waals surface area (Å²) in [6, 6.07) is 8.19. The number of nitrogens with zero attached hydrogens (tertiary/aromatic N) is 1. The summed E-state index contributed by atoms with van der Waals surface area (Å²) in [5.41, 5.74) is 0.658. The van der Waals surface area contributed by atoms with Gasteiger partial charge in [-0.15, -0.1) is 12.4 Å². The van der Waals surface area contributed by atoms with Crippen LogP contribution in [0.5, 0.6) is 5.75 Å². The minimum Gasteiger partial charge on any atom is -0.482 e. The predicted octanol–water partition coefficient (Wildman–Crippen LogP) is 3.83. The van der Waals surface area contributed by atoms with E-state index in [2.05, 4.69) is 10.3 Å². The fraction of sp³-hybridized carbons (Fsp3) is 0.0769. The largest absolute Gasteiger partial charge is 0.482 e. The van der Waals surface area contributed by atoms with Crippen LogP contribution in [0.2, 0.25) is 10.0 Å². The van der Waals surface area contributed by atoms with Crippen molar-refractivity contribution in [2.75, 3.05) is 11.9 Å². The van der Waals surface area contributed by atoms with Gasteiger partial charge in [0.1, 0.15) is 5.75 Å². The fourth-order valence-corrected chi connectivity index (χ4v) is 1.83. The molecule has 7 heteroatoms. The number of anilines is 1. The van der Waals surface area contributed by atoms with E-state index in [1.807, 2.05) is 0 Å². The van der Waals surface area contributed by atoms with Crippen LogP contribution >= 0.6 is 35.6 Å². The molecule has 106 valence electrons. The second-order valence-electron chi connectivity index (χ2n) is 3.65. The quantitative estimate of drug-likeness (QED) is 0.925. The van der Waals surface area contributed by atoms with E-state index in [-0.39, 0.29) is 24.9 Å². The molecule has 4 nitrogen and oxygen atoms in total. The zero-order valence-corrected chi connectivity index (χ0v) is 12.5. The Kier molecular flexibility index (Phi) is 6.58. The molecule has 0 fully saturated rings. The lowest BCUT2D eigenvalue weighted by molar-refractivity contribution is -0.118. The van der Waals surface area contributed by atoms with Crippen molar-refractivity contribution in [2.24, 2.45) is 0 Å². The number of halogens is 3. The molecule has 0 saturated carbocycles. The highest BCUT2D eigenvalue weighted by molar-refractivity contribution is 6.35. The van der Waals surface area contributed by atoms with Gasteiger partial charge in [0.15, 0.2) is 6.61 Å². The number of hydrogen-bond donors (Lipinski definition) is 1. The number of nitrogens with one attached hydrogen (secondary N) is 1. The molecule has 0 unspecified atom stereocenters. The molecule has 0 atom stereocenters. The maximum absolute atomic E-state index is 11.6. The molecule has 1 aromatic heterocycles. The lowest BCUT2D eigenvalue weighted by atomic mass is 10.3. The van der Waals surface area contributed by atoms with Gasteiger partial charge < -0.3 is 10.1 Å². The first kappa shape index (κ1) is 16.6. The third-order valence-electron chi connectivity index (χ3n) is 2.22. The highest BCUT2D eigenvalue weighted by Crippen LogP contribution is 2.27. The normalized spacial score (nSPS) is 9.50. The molecule has 0 aliphatic heterocycles. The maximum atomic E-state index is 11.6. The van der Waals surface area contributed by atoms with Crippen LogP contribution in [0.3, 0.4) is 0 Å². The first-order valence-corrected chi connectivity index (χ1v) is 6.18. The molecule has 2 aromatic rings. The number of ether oxygens (including phenoxy) is 1. The summed E-state index contributed by atoms with van der Waals surface area (Å²) in [6.45, 7) is -0.135. The molecule has 2 rings (SSSR count). The van der Waals surface area contributed by atoms with Gasteiger partial charge in [-0.3, -0.25) is 9.78 Å². The predicted molar refractivity (Wildman–Crippen MR) is 82.1 cm³/mol. The monoisotopic (exact) mass is 332 g/mol. The van der Waals surface area contributed by atoms with Crippen LogP contribution in [-0.4, -0.2) is 17.5 Å². The molecule has 1 amide bonds. The van der Waals surface area contributed by atoms with Crippen LogP contribution in [0, 0.1) is 0 Å². The Morgan fingerprint density at radius 3 is 2.55 bits per heavy atom. The van der Waals surface area contributed by atoms with E-state index in [4.69, 9.17) is 27.9 Å². The lowest BCUT2D eigenvalue weighted by Crippen LogP contribution is -2.20. The van der Waals surface area contributed by atoms with Crippen molar-refractivity contribution in [2.45, 2.75) is 0 Å². The number of carbonyl (C=O) groups excluding carboxylic acids is 1. The summed E-state index contributed by atoms with van der Waals surface area (Å²) >= 11 is 11.7. The van der Waals surface area contributed by atoms with Crippen LogP contribution in [0.1, 0.15) is 0 Å². The molecule has 0 aliphatic rings. The molecule has 1 N–H and O–H groups in total. The molecule has 0 aliphatic carbocycles. The number of hydrogen-bond acceptors (Lipinski definition) is 3. The van der Waals surface area contributed by atoms with Crippen molar-refractivity contribution < 1.29 is 9.53 Å². The highest BCUT2D eigenvalue weighted by atomic mass is 35.5. The summed E-state index contributed by atoms with van der Waals surface area (Å²) in [4.78, 5) is 15.5. The Bertz CT molecular complexity index is 579. The molecule has 0 bridgehead atoms. The smallest absolute Gasteiger partial charge is 0.262 e. The minimum absolute atomic E-state index is 0. The first-order valence-electron chi connectivity index (χ1n) is 5.43. The lowest BCUT2D eigenvalue weighted by Gasteiger charge is -2.08. The molecular weight excluding hydrogens is 323 g/mol. The van der Waals surface area contributed by atoms with Gasteiger partial charge in [0.05, 0.1) is 5.02 Å². The summed E-state index contributed by atoms with van der Waals surface area (Å²) in [5, 5.41) is 3.55. The number of amides is 1. The molecule has 0 radical (unpaired) electrons. The Morgan fingerprint density at radius 1 is 1.20 bits per heavy atom. The topological polar surface area (TPSA) is 51.2 Å². The average molecular weight is 334 g/mol. The Balaban J connectivity index is 0.00000200. The number of pyridine rings is 1. The van der Waals surface area contributed by atoms with Crippen LogP contribution < -0.4 is 10.1 Å². The number of benzene rings is 1. The van der Waals surface area contributed by atoms with E-state index in [1.54, 1.807) is 42.7 Å². The standard InChI is InChI=1S/C13H10Cl2N2O2.ClH/c14-9-1-2-12(11(15)7-9)19-8-13(18)17-10-3-5-16-6-4-10;/h1-7H,8H2,(H,16,17,18);1H. The Labute approximate surface area is 132 Å². The van der Waals surface area contributed by atoms with Crippen molar-refractivity contribution in [1.29, 1.82) is 0 Å². The van der Waals surface area contributed by atoms with Crippen molar-refractivity contribution in [3.05, 3.63) is 52.8 Å². The molecule has 0 saturated heterocycles. The first-order chi connectivity index (χ1) is 9.15. The van der Waals surface area contributed by atoms with E-state index < -0.39 is 0 Å².